The van der Waals surface area contributed by atoms with E-state index in [0.717, 1.165) is 33.7 Å². The highest BCUT2D eigenvalue weighted by Gasteiger charge is 2.29. The number of aromatic amines is 1. The molecule has 0 aliphatic rings. The van der Waals surface area contributed by atoms with Crippen molar-refractivity contribution < 1.29 is 22.7 Å². The minimum absolute atomic E-state index is 0.0348. The largest absolute Gasteiger partial charge is 0.495 e. The zero-order valence-electron chi connectivity index (χ0n) is 24.6. The number of nitrogens with one attached hydrogen (secondary N) is 1. The van der Waals surface area contributed by atoms with Crippen molar-refractivity contribution >= 4 is 38.6 Å². The van der Waals surface area contributed by atoms with Crippen LogP contribution >= 0.6 is 11.6 Å². The number of hydrogen-bond donors (Lipinski definition) is 1. The molecule has 4 rings (SSSR count). The number of pyridine rings is 1. The van der Waals surface area contributed by atoms with Gasteiger partial charge < -0.3 is 14.5 Å². The summed E-state index contributed by atoms with van der Waals surface area (Å²) >= 11 is 6.18. The van der Waals surface area contributed by atoms with Crippen molar-refractivity contribution in [1.29, 1.82) is 0 Å². The summed E-state index contributed by atoms with van der Waals surface area (Å²) in [5.41, 5.74) is 4.35. The smallest absolute Gasteiger partial charge is 0.306 e. The van der Waals surface area contributed by atoms with Gasteiger partial charge in [-0.2, -0.15) is 4.31 Å². The zero-order valence-corrected chi connectivity index (χ0v) is 26.1. The lowest BCUT2D eigenvalue weighted by Crippen LogP contribution is -2.41. The molecule has 0 bridgehead atoms. The highest BCUT2D eigenvalue weighted by atomic mass is 35.5. The van der Waals surface area contributed by atoms with Crippen LogP contribution in [0.1, 0.15) is 49.3 Å². The maximum Gasteiger partial charge on any atom is 0.306 e. The third-order valence-corrected chi connectivity index (χ3v) is 9.32. The SMILES string of the molecule is COc1ccc(CCC(=O)OC[C@H](CC(C)C)N(C)S(=O)(=O)c2ccc(Cc3nccc4[nH]c(C)nc34)cc2)cc1Cl. The van der Waals surface area contributed by atoms with Gasteiger partial charge in [0.2, 0.25) is 10.0 Å². The molecule has 2 heterocycles. The minimum Gasteiger partial charge on any atom is -0.495 e. The molecule has 4 aromatic rings. The number of carbonyl (C=O) groups excluding carboxylic acids is 1. The summed E-state index contributed by atoms with van der Waals surface area (Å²) in [6.45, 7) is 5.87. The van der Waals surface area contributed by atoms with E-state index in [-0.39, 0.29) is 23.8 Å². The highest BCUT2D eigenvalue weighted by molar-refractivity contribution is 7.89. The molecule has 0 radical (unpaired) electrons. The Morgan fingerprint density at radius 1 is 1.10 bits per heavy atom. The first-order chi connectivity index (χ1) is 20.0. The first-order valence-corrected chi connectivity index (χ1v) is 15.6. The topological polar surface area (TPSA) is 114 Å². The van der Waals surface area contributed by atoms with Crippen molar-refractivity contribution in [3.8, 4) is 5.75 Å². The summed E-state index contributed by atoms with van der Waals surface area (Å²) in [7, 11) is -0.759. The minimum atomic E-state index is -3.84. The summed E-state index contributed by atoms with van der Waals surface area (Å²) in [6.07, 6.45) is 3.39. The van der Waals surface area contributed by atoms with Gasteiger partial charge in [0.1, 0.15) is 23.7 Å². The lowest BCUT2D eigenvalue weighted by atomic mass is 10.0. The van der Waals surface area contributed by atoms with Gasteiger partial charge in [-0.3, -0.25) is 9.78 Å². The van der Waals surface area contributed by atoms with Crippen LogP contribution in [0.15, 0.2) is 59.6 Å². The average Bonchev–Trinajstić information content (AvgIpc) is 3.35. The first kappa shape index (κ1) is 31.5. The molecule has 0 spiro atoms. The molecule has 11 heteroatoms. The number of nitrogens with zero attached hydrogens (tertiary/aromatic N) is 3. The number of benzene rings is 2. The number of rotatable bonds is 13. The van der Waals surface area contributed by atoms with Gasteiger partial charge in [0.15, 0.2) is 0 Å². The molecule has 2 aromatic heterocycles. The van der Waals surface area contributed by atoms with Crippen LogP contribution in [0.3, 0.4) is 0 Å². The molecule has 9 nitrogen and oxygen atoms in total. The molecular formula is C31H37ClN4O5S. The van der Waals surface area contributed by atoms with E-state index in [1.807, 2.05) is 32.9 Å². The molecule has 2 aromatic carbocycles. The van der Waals surface area contributed by atoms with Crippen LogP contribution in [0.25, 0.3) is 11.0 Å². The maximum absolute atomic E-state index is 13.6. The molecule has 0 aliphatic heterocycles. The van der Waals surface area contributed by atoms with Gasteiger partial charge in [0.25, 0.3) is 0 Å². The summed E-state index contributed by atoms with van der Waals surface area (Å²) in [5, 5.41) is 0.474. The van der Waals surface area contributed by atoms with Crippen molar-refractivity contribution in [2.24, 2.45) is 5.92 Å². The van der Waals surface area contributed by atoms with Gasteiger partial charge in [0.05, 0.1) is 34.3 Å². The number of halogens is 1. The molecule has 0 saturated heterocycles. The van der Waals surface area contributed by atoms with Crippen LogP contribution in [0, 0.1) is 12.8 Å². The van der Waals surface area contributed by atoms with Gasteiger partial charge in [-0.05, 0) is 67.1 Å². The Labute approximate surface area is 252 Å². The van der Waals surface area contributed by atoms with Crippen molar-refractivity contribution in [3.63, 3.8) is 0 Å². The van der Waals surface area contributed by atoms with Gasteiger partial charge in [-0.25, -0.2) is 13.4 Å². The molecule has 0 aliphatic carbocycles. The Hall–Kier alpha value is -3.47. The number of aromatic nitrogens is 3. The van der Waals surface area contributed by atoms with Gasteiger partial charge >= 0.3 is 5.97 Å². The number of imidazole rings is 1. The lowest BCUT2D eigenvalue weighted by molar-refractivity contribution is -0.145. The number of esters is 1. The number of methoxy groups -OCH3 is 1. The summed E-state index contributed by atoms with van der Waals surface area (Å²) in [6, 6.07) is 13.5. The van der Waals surface area contributed by atoms with Crippen LogP contribution in [-0.2, 0) is 32.4 Å². The number of H-pyrrole nitrogens is 1. The number of sulfonamides is 1. The number of likely N-dealkylation sites (N-methyl/N-ethyl adjacent to an activating group) is 1. The van der Waals surface area contributed by atoms with Crippen LogP contribution in [0.2, 0.25) is 5.02 Å². The number of aryl methyl sites for hydroxylation is 2. The molecule has 0 unspecified atom stereocenters. The van der Waals surface area contributed by atoms with Crippen LogP contribution in [0.4, 0.5) is 0 Å². The van der Waals surface area contributed by atoms with Gasteiger partial charge in [-0.15, -0.1) is 0 Å². The summed E-state index contributed by atoms with van der Waals surface area (Å²) < 4.78 is 39.2. The fraction of sp³-hybridized carbons (Fsp3) is 0.387. The third-order valence-electron chi connectivity index (χ3n) is 7.10. The predicted molar refractivity (Wildman–Crippen MR) is 163 cm³/mol. The fourth-order valence-corrected chi connectivity index (χ4v) is 6.45. The van der Waals surface area contributed by atoms with Crippen LogP contribution in [0.5, 0.6) is 5.75 Å². The summed E-state index contributed by atoms with van der Waals surface area (Å²) in [4.78, 5) is 25.0. The van der Waals surface area contributed by atoms with E-state index in [2.05, 4.69) is 15.0 Å². The quantitative estimate of drug-likeness (QED) is 0.192. The molecule has 1 N–H and O–H groups in total. The van der Waals surface area contributed by atoms with Gasteiger partial charge in [-0.1, -0.05) is 43.6 Å². The molecule has 0 amide bonds. The Balaban J connectivity index is 1.40. The summed E-state index contributed by atoms with van der Waals surface area (Å²) in [5.74, 6) is 1.17. The molecule has 42 heavy (non-hydrogen) atoms. The second kappa shape index (κ2) is 13.7. The Morgan fingerprint density at radius 2 is 1.81 bits per heavy atom. The molecule has 0 fully saturated rings. The van der Waals surface area contributed by atoms with Crippen LogP contribution < -0.4 is 4.74 Å². The normalized spacial score (nSPS) is 12.7. The fourth-order valence-electron chi connectivity index (χ4n) is 4.82. The van der Waals surface area contributed by atoms with E-state index in [0.29, 0.717) is 30.0 Å². The van der Waals surface area contributed by atoms with Crippen molar-refractivity contribution in [1.82, 2.24) is 19.3 Å². The first-order valence-electron chi connectivity index (χ1n) is 13.8. The predicted octanol–water partition coefficient (Wildman–Crippen LogP) is 5.73. The van der Waals surface area contributed by atoms with E-state index in [1.54, 1.807) is 49.7 Å². The molecule has 1 atom stereocenters. The van der Waals surface area contributed by atoms with E-state index >= 15 is 0 Å². The molecule has 224 valence electrons. The Morgan fingerprint density at radius 3 is 2.48 bits per heavy atom. The van der Waals surface area contributed by atoms with E-state index in [4.69, 9.17) is 21.1 Å². The zero-order chi connectivity index (χ0) is 30.4. The highest BCUT2D eigenvalue weighted by Crippen LogP contribution is 2.26. The Bertz CT molecular complexity index is 1640. The Kier molecular flexibility index (Phi) is 10.2. The second-order valence-electron chi connectivity index (χ2n) is 10.8. The van der Waals surface area contributed by atoms with Crippen LogP contribution in [-0.4, -0.2) is 60.5 Å². The number of hydrogen-bond acceptors (Lipinski definition) is 7. The number of carbonyl (C=O) groups is 1. The van der Waals surface area contributed by atoms with E-state index in [1.165, 1.54) is 11.4 Å². The molecule has 0 saturated carbocycles. The monoisotopic (exact) mass is 612 g/mol. The average molecular weight is 613 g/mol. The van der Waals surface area contributed by atoms with Crippen molar-refractivity contribution in [2.75, 3.05) is 20.8 Å². The van der Waals surface area contributed by atoms with Gasteiger partial charge in [0, 0.05) is 26.1 Å². The number of ether oxygens (including phenoxy) is 2. The van der Waals surface area contributed by atoms with Crippen molar-refractivity contribution in [2.45, 2.75) is 57.4 Å². The standard InChI is InChI=1S/C31H37ClN4O5S/c1-20(2)16-24(19-41-30(37)13-9-22-8-12-29(40-5)26(32)17-22)36(4)42(38,39)25-10-6-23(7-11-25)18-28-31-27(14-15-33-28)34-21(3)35-31/h6-8,10-12,14-15,17,20,24H,9,13,16,18-19H2,1-5H3,(H,34,35)/t24-/m0/s1. The van der Waals surface area contributed by atoms with Crippen molar-refractivity contribution in [3.05, 3.63) is 82.4 Å². The third kappa shape index (κ3) is 7.67. The van der Waals surface area contributed by atoms with E-state index < -0.39 is 22.0 Å². The number of fused-ring (bicyclic) bond motifs is 1. The second-order valence-corrected chi connectivity index (χ2v) is 13.2. The lowest BCUT2D eigenvalue weighted by Gasteiger charge is -2.28. The molecular weight excluding hydrogens is 576 g/mol. The maximum atomic E-state index is 13.6. The van der Waals surface area contributed by atoms with E-state index in [9.17, 15) is 13.2 Å².